The van der Waals surface area contributed by atoms with Crippen molar-refractivity contribution in [3.05, 3.63) is 106 Å². The maximum atomic E-state index is 13.6. The molecule has 1 atom stereocenters. The van der Waals surface area contributed by atoms with E-state index < -0.39 is 6.04 Å². The monoisotopic (exact) mass is 496 g/mol. The van der Waals surface area contributed by atoms with E-state index in [4.69, 9.17) is 23.2 Å². The van der Waals surface area contributed by atoms with E-state index >= 15 is 0 Å². The molecular formula is C28H30Cl2N2O2. The summed E-state index contributed by atoms with van der Waals surface area (Å²) in [6.07, 6.45) is 1.15. The van der Waals surface area contributed by atoms with Crippen LogP contribution in [0.15, 0.2) is 78.9 Å². The van der Waals surface area contributed by atoms with Crippen LogP contribution in [0, 0.1) is 0 Å². The van der Waals surface area contributed by atoms with Gasteiger partial charge in [-0.25, -0.2) is 0 Å². The van der Waals surface area contributed by atoms with Crippen molar-refractivity contribution >= 4 is 35.0 Å². The molecule has 0 aromatic heterocycles. The molecule has 3 rings (SSSR count). The van der Waals surface area contributed by atoms with E-state index in [1.54, 1.807) is 11.0 Å². The first-order valence-electron chi connectivity index (χ1n) is 11.4. The number of nitrogens with one attached hydrogen (secondary N) is 1. The van der Waals surface area contributed by atoms with Gasteiger partial charge in [0.1, 0.15) is 6.04 Å². The third kappa shape index (κ3) is 7.61. The van der Waals surface area contributed by atoms with Crippen LogP contribution in [0.4, 0.5) is 0 Å². The Bertz CT molecular complexity index is 1100. The molecule has 0 spiro atoms. The van der Waals surface area contributed by atoms with Gasteiger partial charge in [-0.15, -0.1) is 0 Å². The van der Waals surface area contributed by atoms with Crippen molar-refractivity contribution in [1.29, 1.82) is 0 Å². The SMILES string of the molecule is CC(C)NC(=O)[C@@H](Cc1ccccc1)N(Cc1cccc(Cl)c1)C(=O)CCc1ccccc1Cl. The van der Waals surface area contributed by atoms with E-state index in [-0.39, 0.29) is 30.8 Å². The highest BCUT2D eigenvalue weighted by Crippen LogP contribution is 2.21. The Hall–Kier alpha value is -2.82. The second-order valence-electron chi connectivity index (χ2n) is 8.61. The molecule has 0 aliphatic carbocycles. The van der Waals surface area contributed by atoms with Crippen molar-refractivity contribution in [2.45, 2.75) is 51.7 Å². The van der Waals surface area contributed by atoms with Gasteiger partial charge in [0.2, 0.25) is 11.8 Å². The number of carbonyl (C=O) groups excluding carboxylic acids is 2. The van der Waals surface area contributed by atoms with Crippen LogP contribution in [0.5, 0.6) is 0 Å². The van der Waals surface area contributed by atoms with E-state index in [2.05, 4.69) is 5.32 Å². The summed E-state index contributed by atoms with van der Waals surface area (Å²) in [5.74, 6) is -0.285. The lowest BCUT2D eigenvalue weighted by Crippen LogP contribution is -2.51. The molecule has 4 nitrogen and oxygen atoms in total. The van der Waals surface area contributed by atoms with E-state index in [0.29, 0.717) is 22.9 Å². The number of carbonyl (C=O) groups is 2. The summed E-state index contributed by atoms with van der Waals surface area (Å²) in [6, 6.07) is 24.0. The van der Waals surface area contributed by atoms with Gasteiger partial charge in [-0.05, 0) is 55.2 Å². The molecule has 34 heavy (non-hydrogen) atoms. The number of halogens is 2. The highest BCUT2D eigenvalue weighted by atomic mass is 35.5. The van der Waals surface area contributed by atoms with Gasteiger partial charge in [0.25, 0.3) is 0 Å². The zero-order chi connectivity index (χ0) is 24.5. The molecule has 6 heteroatoms. The van der Waals surface area contributed by atoms with Gasteiger partial charge in [-0.2, -0.15) is 0 Å². The average Bonchev–Trinajstić information content (AvgIpc) is 2.81. The van der Waals surface area contributed by atoms with E-state index in [0.717, 1.165) is 16.7 Å². The smallest absolute Gasteiger partial charge is 0.243 e. The molecule has 0 aliphatic rings. The van der Waals surface area contributed by atoms with Crippen LogP contribution in [0.2, 0.25) is 10.0 Å². The van der Waals surface area contributed by atoms with Gasteiger partial charge in [0.15, 0.2) is 0 Å². The second-order valence-corrected chi connectivity index (χ2v) is 9.46. The summed E-state index contributed by atoms with van der Waals surface area (Å²) in [5.41, 5.74) is 2.77. The number of hydrogen-bond donors (Lipinski definition) is 1. The zero-order valence-corrected chi connectivity index (χ0v) is 21.0. The molecule has 0 saturated heterocycles. The Morgan fingerprint density at radius 1 is 0.882 bits per heavy atom. The van der Waals surface area contributed by atoms with Crippen molar-refractivity contribution in [1.82, 2.24) is 10.2 Å². The molecule has 178 valence electrons. The van der Waals surface area contributed by atoms with Crippen LogP contribution < -0.4 is 5.32 Å². The number of hydrogen-bond acceptors (Lipinski definition) is 2. The standard InChI is InChI=1S/C28H30Cl2N2O2/c1-20(2)31-28(34)26(18-21-9-4-3-5-10-21)32(19-22-11-8-13-24(29)17-22)27(33)16-15-23-12-6-7-14-25(23)30/h3-14,17,20,26H,15-16,18-19H2,1-2H3,(H,31,34)/t26-/m1/s1. The van der Waals surface area contributed by atoms with Crippen LogP contribution in [0.25, 0.3) is 0 Å². The Morgan fingerprint density at radius 2 is 1.56 bits per heavy atom. The first kappa shape index (κ1) is 25.8. The van der Waals surface area contributed by atoms with E-state index in [1.165, 1.54) is 0 Å². The highest BCUT2D eigenvalue weighted by Gasteiger charge is 2.30. The topological polar surface area (TPSA) is 49.4 Å². The summed E-state index contributed by atoms with van der Waals surface area (Å²) < 4.78 is 0. The number of nitrogens with zero attached hydrogens (tertiary/aromatic N) is 1. The number of amides is 2. The lowest BCUT2D eigenvalue weighted by atomic mass is 10.0. The number of benzene rings is 3. The van der Waals surface area contributed by atoms with Crippen molar-refractivity contribution in [2.24, 2.45) is 0 Å². The molecule has 2 amide bonds. The minimum absolute atomic E-state index is 0.0444. The van der Waals surface area contributed by atoms with Crippen LogP contribution in [0.1, 0.15) is 37.0 Å². The molecule has 0 radical (unpaired) electrons. The fourth-order valence-corrected chi connectivity index (χ4v) is 4.30. The van der Waals surface area contributed by atoms with Gasteiger partial charge >= 0.3 is 0 Å². The van der Waals surface area contributed by atoms with Gasteiger partial charge in [-0.1, -0.05) is 83.9 Å². The Labute approximate surface area is 211 Å². The first-order chi connectivity index (χ1) is 16.3. The summed E-state index contributed by atoms with van der Waals surface area (Å²) in [6.45, 7) is 4.11. The van der Waals surface area contributed by atoms with Crippen LogP contribution in [0.3, 0.4) is 0 Å². The summed E-state index contributed by atoms with van der Waals surface area (Å²) >= 11 is 12.5. The first-order valence-corrected chi connectivity index (χ1v) is 12.2. The molecule has 0 heterocycles. The minimum Gasteiger partial charge on any atom is -0.352 e. The molecule has 0 unspecified atom stereocenters. The third-order valence-corrected chi connectivity index (χ3v) is 6.11. The van der Waals surface area contributed by atoms with Gasteiger partial charge in [-0.3, -0.25) is 9.59 Å². The van der Waals surface area contributed by atoms with Crippen molar-refractivity contribution in [3.8, 4) is 0 Å². The lowest BCUT2D eigenvalue weighted by Gasteiger charge is -2.32. The molecule has 0 saturated carbocycles. The van der Waals surface area contributed by atoms with Crippen molar-refractivity contribution < 1.29 is 9.59 Å². The summed E-state index contributed by atoms with van der Waals surface area (Å²) in [7, 11) is 0. The predicted molar refractivity (Wildman–Crippen MR) is 139 cm³/mol. The van der Waals surface area contributed by atoms with Crippen molar-refractivity contribution in [2.75, 3.05) is 0 Å². The van der Waals surface area contributed by atoms with Gasteiger partial charge < -0.3 is 10.2 Å². The maximum absolute atomic E-state index is 13.6. The van der Waals surface area contributed by atoms with Crippen LogP contribution >= 0.6 is 23.2 Å². The fourth-order valence-electron chi connectivity index (χ4n) is 3.85. The third-order valence-electron chi connectivity index (χ3n) is 5.51. The van der Waals surface area contributed by atoms with Gasteiger partial charge in [0.05, 0.1) is 0 Å². The molecule has 0 fully saturated rings. The van der Waals surface area contributed by atoms with Crippen LogP contribution in [-0.4, -0.2) is 28.8 Å². The molecule has 1 N–H and O–H groups in total. The molecule has 0 aliphatic heterocycles. The summed E-state index contributed by atoms with van der Waals surface area (Å²) in [4.78, 5) is 28.6. The molecule has 3 aromatic carbocycles. The molecule has 0 bridgehead atoms. The predicted octanol–water partition coefficient (Wildman–Crippen LogP) is 6.09. The maximum Gasteiger partial charge on any atom is 0.243 e. The highest BCUT2D eigenvalue weighted by molar-refractivity contribution is 6.31. The average molecular weight is 497 g/mol. The minimum atomic E-state index is -0.664. The molecule has 3 aromatic rings. The Balaban J connectivity index is 1.92. The fraction of sp³-hybridized carbons (Fsp3) is 0.286. The number of aryl methyl sites for hydroxylation is 1. The second kappa shape index (κ2) is 12.6. The van der Waals surface area contributed by atoms with Crippen molar-refractivity contribution in [3.63, 3.8) is 0 Å². The van der Waals surface area contributed by atoms with E-state index in [9.17, 15) is 9.59 Å². The lowest BCUT2D eigenvalue weighted by molar-refractivity contribution is -0.141. The van der Waals surface area contributed by atoms with Crippen LogP contribution in [-0.2, 0) is 29.0 Å². The van der Waals surface area contributed by atoms with E-state index in [1.807, 2.05) is 86.6 Å². The summed E-state index contributed by atoms with van der Waals surface area (Å²) in [5, 5.41) is 4.22. The largest absolute Gasteiger partial charge is 0.352 e. The Kier molecular flexibility index (Phi) is 9.55. The molecular weight excluding hydrogens is 467 g/mol. The zero-order valence-electron chi connectivity index (χ0n) is 19.5. The normalized spacial score (nSPS) is 11.8. The quantitative estimate of drug-likeness (QED) is 0.369. The van der Waals surface area contributed by atoms with Gasteiger partial charge in [0, 0.05) is 35.5 Å². The Morgan fingerprint density at radius 3 is 2.24 bits per heavy atom. The number of rotatable bonds is 10.